The van der Waals surface area contributed by atoms with Crippen LogP contribution in [-0.2, 0) is 0 Å². The van der Waals surface area contributed by atoms with Gasteiger partial charge in [0.05, 0.1) is 16.9 Å². The molecule has 2 heterocycles. The first-order valence-electron chi connectivity index (χ1n) is 19.7. The van der Waals surface area contributed by atoms with E-state index in [1.54, 1.807) is 0 Å². The number of benzene rings is 8. The van der Waals surface area contributed by atoms with Crippen molar-refractivity contribution >= 4 is 62.1 Å². The summed E-state index contributed by atoms with van der Waals surface area (Å²) in [6.07, 6.45) is 6.23. The van der Waals surface area contributed by atoms with Gasteiger partial charge in [-0.15, -0.1) is 0 Å². The Balaban J connectivity index is 1.00. The van der Waals surface area contributed by atoms with Gasteiger partial charge in [0.1, 0.15) is 5.58 Å². The lowest BCUT2D eigenvalue weighted by atomic mass is 10.00. The molecule has 0 saturated heterocycles. The fraction of sp³-hybridized carbons (Fsp3) is 0.0182. The molecule has 2 aromatic heterocycles. The van der Waals surface area contributed by atoms with Crippen molar-refractivity contribution < 1.29 is 4.42 Å². The summed E-state index contributed by atoms with van der Waals surface area (Å²) >= 11 is 0. The summed E-state index contributed by atoms with van der Waals surface area (Å²) in [6, 6.07) is 69.0. The maximum atomic E-state index is 6.52. The zero-order valence-corrected chi connectivity index (χ0v) is 32.2. The molecule has 0 bridgehead atoms. The number of allylic oxidation sites excluding steroid dienone is 1. The van der Waals surface area contributed by atoms with Gasteiger partial charge in [0.2, 0.25) is 0 Å². The van der Waals surface area contributed by atoms with Crippen molar-refractivity contribution in [2.24, 2.45) is 0 Å². The van der Waals surface area contributed by atoms with Crippen LogP contribution >= 0.6 is 0 Å². The Bertz CT molecular complexity index is 3100. The molecule has 0 N–H and O–H groups in total. The van der Waals surface area contributed by atoms with Gasteiger partial charge in [-0.1, -0.05) is 152 Å². The number of hydrogen-bond donors (Lipinski definition) is 0. The first-order valence-corrected chi connectivity index (χ1v) is 19.7. The van der Waals surface area contributed by atoms with Crippen LogP contribution in [-0.4, -0.2) is 4.57 Å². The van der Waals surface area contributed by atoms with Gasteiger partial charge in [-0.2, -0.15) is 0 Å². The summed E-state index contributed by atoms with van der Waals surface area (Å²) in [5, 5.41) is 3.36. The molecular weight excluding hydrogens is 705 g/mol. The van der Waals surface area contributed by atoms with E-state index in [2.05, 4.69) is 217 Å². The van der Waals surface area contributed by atoms with Gasteiger partial charge in [-0.3, -0.25) is 0 Å². The smallest absolute Gasteiger partial charge is 0.159 e. The largest absolute Gasteiger partial charge is 0.454 e. The lowest BCUT2D eigenvalue weighted by Crippen LogP contribution is -2.09. The molecule has 8 aromatic carbocycles. The third-order valence-electron chi connectivity index (χ3n) is 11.1. The van der Waals surface area contributed by atoms with Crippen molar-refractivity contribution in [2.45, 2.75) is 6.92 Å². The molecule has 0 spiro atoms. The molecule has 0 atom stereocenters. The molecule has 10 rings (SSSR count). The van der Waals surface area contributed by atoms with Gasteiger partial charge in [-0.05, 0) is 107 Å². The van der Waals surface area contributed by atoms with Crippen molar-refractivity contribution in [3.8, 4) is 39.1 Å². The number of anilines is 3. The molecule has 0 fully saturated rings. The van der Waals surface area contributed by atoms with Crippen molar-refractivity contribution in [1.29, 1.82) is 0 Å². The average Bonchev–Trinajstić information content (AvgIpc) is 3.83. The van der Waals surface area contributed by atoms with E-state index in [-0.39, 0.29) is 0 Å². The molecule has 0 saturated carbocycles. The average molecular weight is 745 g/mol. The first-order chi connectivity index (χ1) is 28.7. The van der Waals surface area contributed by atoms with Crippen LogP contribution in [0, 0.1) is 0 Å². The number of rotatable bonds is 9. The van der Waals surface area contributed by atoms with Crippen LogP contribution in [0.3, 0.4) is 0 Å². The van der Waals surface area contributed by atoms with E-state index < -0.39 is 0 Å². The standard InChI is InChI=1S/C55H40N2O/c1-3-14-51-47(4-2)50-37-43(31-36-52(50)57(51)53-21-13-20-49-48-19-11-12-22-54(48)58-55(49)53)42-29-34-46(35-30-42)56(44-17-9-6-10-18-44)45-32-27-41(28-33-45)40-25-23-39(24-26-40)38-15-7-5-8-16-38/h3-37H,2H2,1H3/b14-3-. The highest BCUT2D eigenvalue weighted by Gasteiger charge is 2.20. The molecule has 0 aliphatic rings. The Hall–Kier alpha value is -7.62. The Labute approximate surface area is 338 Å². The normalized spacial score (nSPS) is 11.5. The molecule has 58 heavy (non-hydrogen) atoms. The third-order valence-corrected chi connectivity index (χ3v) is 11.1. The summed E-state index contributed by atoms with van der Waals surface area (Å²) in [5.41, 5.74) is 16.4. The lowest BCUT2D eigenvalue weighted by molar-refractivity contribution is 0.666. The van der Waals surface area contributed by atoms with Gasteiger partial charge >= 0.3 is 0 Å². The van der Waals surface area contributed by atoms with Crippen molar-refractivity contribution in [3.05, 3.63) is 218 Å². The van der Waals surface area contributed by atoms with Gasteiger partial charge in [0.25, 0.3) is 0 Å². The van der Waals surface area contributed by atoms with Crippen molar-refractivity contribution in [2.75, 3.05) is 4.90 Å². The second kappa shape index (κ2) is 14.8. The minimum absolute atomic E-state index is 0.872. The zero-order valence-electron chi connectivity index (χ0n) is 32.2. The lowest BCUT2D eigenvalue weighted by Gasteiger charge is -2.26. The molecule has 0 amide bonds. The predicted octanol–water partition coefficient (Wildman–Crippen LogP) is 15.7. The highest BCUT2D eigenvalue weighted by atomic mass is 16.3. The molecule has 3 nitrogen and oxygen atoms in total. The van der Waals surface area contributed by atoms with Gasteiger partial charge in [0, 0.05) is 38.8 Å². The summed E-state index contributed by atoms with van der Waals surface area (Å²) in [4.78, 5) is 2.31. The summed E-state index contributed by atoms with van der Waals surface area (Å²) < 4.78 is 8.83. The van der Waals surface area contributed by atoms with E-state index in [4.69, 9.17) is 4.42 Å². The van der Waals surface area contributed by atoms with Crippen LogP contribution in [0.4, 0.5) is 17.1 Å². The maximum Gasteiger partial charge on any atom is 0.159 e. The third kappa shape index (κ3) is 6.10. The van der Waals surface area contributed by atoms with Crippen LogP contribution in [0.1, 0.15) is 18.2 Å². The summed E-state index contributed by atoms with van der Waals surface area (Å²) in [7, 11) is 0. The van der Waals surface area contributed by atoms with Crippen LogP contribution in [0.25, 0.3) is 84.1 Å². The number of fused-ring (bicyclic) bond motifs is 4. The molecule has 0 unspecified atom stereocenters. The second-order valence-corrected chi connectivity index (χ2v) is 14.5. The topological polar surface area (TPSA) is 21.3 Å². The van der Waals surface area contributed by atoms with E-state index in [9.17, 15) is 0 Å². The minimum Gasteiger partial charge on any atom is -0.454 e. The number of furan rings is 1. The fourth-order valence-corrected chi connectivity index (χ4v) is 8.34. The Morgan fingerprint density at radius 1 is 0.483 bits per heavy atom. The maximum absolute atomic E-state index is 6.52. The highest BCUT2D eigenvalue weighted by Crippen LogP contribution is 2.41. The molecule has 276 valence electrons. The summed E-state index contributed by atoms with van der Waals surface area (Å²) in [6.45, 7) is 6.34. The van der Waals surface area contributed by atoms with Crippen molar-refractivity contribution in [3.63, 3.8) is 0 Å². The van der Waals surface area contributed by atoms with E-state index in [0.717, 1.165) is 78.0 Å². The molecule has 3 heteroatoms. The molecule has 0 aliphatic heterocycles. The van der Waals surface area contributed by atoms with E-state index >= 15 is 0 Å². The SMILES string of the molecule is C=Cc1c(/C=C\C)n(-c2cccc3c2oc2ccccc23)c2ccc(-c3ccc(N(c4ccccc4)c4ccc(-c5ccc(-c6ccccc6)cc5)cc4)cc3)cc12. The Kier molecular flexibility index (Phi) is 8.89. The number of aromatic nitrogens is 1. The minimum atomic E-state index is 0.872. The van der Waals surface area contributed by atoms with Gasteiger partial charge in [-0.25, -0.2) is 0 Å². The number of para-hydroxylation sites is 3. The molecule has 10 aromatic rings. The van der Waals surface area contributed by atoms with Crippen LogP contribution in [0.2, 0.25) is 0 Å². The molecule has 0 aliphatic carbocycles. The van der Waals surface area contributed by atoms with E-state index in [1.807, 2.05) is 18.2 Å². The first kappa shape index (κ1) is 34.8. The number of nitrogens with zero attached hydrogens (tertiary/aromatic N) is 2. The van der Waals surface area contributed by atoms with Crippen LogP contribution in [0.15, 0.2) is 211 Å². The van der Waals surface area contributed by atoms with Gasteiger partial charge in [0.15, 0.2) is 5.58 Å². The van der Waals surface area contributed by atoms with Crippen LogP contribution in [0.5, 0.6) is 0 Å². The molecule has 0 radical (unpaired) electrons. The monoisotopic (exact) mass is 744 g/mol. The molecular formula is C55H40N2O. The Morgan fingerprint density at radius 2 is 1.00 bits per heavy atom. The number of hydrogen-bond acceptors (Lipinski definition) is 2. The summed E-state index contributed by atoms with van der Waals surface area (Å²) in [5.74, 6) is 0. The highest BCUT2D eigenvalue weighted by molar-refractivity contribution is 6.08. The fourth-order valence-electron chi connectivity index (χ4n) is 8.34. The van der Waals surface area contributed by atoms with Crippen molar-refractivity contribution in [1.82, 2.24) is 4.57 Å². The quantitative estimate of drug-likeness (QED) is 0.147. The Morgan fingerprint density at radius 3 is 1.64 bits per heavy atom. The van der Waals surface area contributed by atoms with Crippen LogP contribution < -0.4 is 4.90 Å². The predicted molar refractivity (Wildman–Crippen MR) is 246 cm³/mol. The van der Waals surface area contributed by atoms with E-state index in [0.29, 0.717) is 0 Å². The second-order valence-electron chi connectivity index (χ2n) is 14.5. The van der Waals surface area contributed by atoms with Gasteiger partial charge < -0.3 is 13.9 Å². The zero-order chi connectivity index (χ0) is 39.0. The van der Waals surface area contributed by atoms with E-state index in [1.165, 1.54) is 22.3 Å².